The lowest BCUT2D eigenvalue weighted by molar-refractivity contribution is 0.138. The van der Waals surface area contributed by atoms with E-state index in [2.05, 4.69) is 51.9 Å². The third-order valence-corrected chi connectivity index (χ3v) is 5.62. The SMILES string of the molecule is CC1CC(C)CN(CC(C)Nc2cc(N3CCCC(CO)C3)ncn2)C1. The van der Waals surface area contributed by atoms with Gasteiger partial charge in [0.15, 0.2) is 0 Å². The normalized spacial score (nSPS) is 28.8. The summed E-state index contributed by atoms with van der Waals surface area (Å²) in [6.07, 6.45) is 5.21. The zero-order valence-corrected chi connectivity index (χ0v) is 16.6. The molecule has 2 fully saturated rings. The molecule has 0 spiro atoms. The lowest BCUT2D eigenvalue weighted by Crippen LogP contribution is -2.43. The summed E-state index contributed by atoms with van der Waals surface area (Å²) < 4.78 is 0. The van der Waals surface area contributed by atoms with Crippen LogP contribution in [0.2, 0.25) is 0 Å². The molecule has 4 unspecified atom stereocenters. The minimum Gasteiger partial charge on any atom is -0.396 e. The minimum absolute atomic E-state index is 0.260. The Hall–Kier alpha value is -1.40. The molecule has 2 aliphatic rings. The Kier molecular flexibility index (Phi) is 6.70. The molecule has 0 aromatic carbocycles. The first-order chi connectivity index (χ1) is 12.5. The number of aromatic nitrogens is 2. The number of piperidine rings is 2. The van der Waals surface area contributed by atoms with Crippen molar-refractivity contribution >= 4 is 11.6 Å². The quantitative estimate of drug-likeness (QED) is 0.811. The predicted molar refractivity (Wildman–Crippen MR) is 107 cm³/mol. The largest absolute Gasteiger partial charge is 0.396 e. The van der Waals surface area contributed by atoms with Crippen LogP contribution in [0.5, 0.6) is 0 Å². The smallest absolute Gasteiger partial charge is 0.134 e. The second-order valence-corrected chi connectivity index (χ2v) is 8.61. The molecule has 0 saturated carbocycles. The molecule has 1 aromatic heterocycles. The Labute approximate surface area is 158 Å². The van der Waals surface area contributed by atoms with Gasteiger partial charge in [0.2, 0.25) is 0 Å². The number of anilines is 2. The van der Waals surface area contributed by atoms with E-state index >= 15 is 0 Å². The van der Waals surface area contributed by atoms with E-state index in [4.69, 9.17) is 0 Å². The van der Waals surface area contributed by atoms with Gasteiger partial charge in [-0.15, -0.1) is 0 Å². The van der Waals surface area contributed by atoms with Gasteiger partial charge in [0.25, 0.3) is 0 Å². The standard InChI is InChI=1S/C20H35N5O/c1-15-7-16(2)10-24(9-15)11-17(3)23-19-8-20(22-14-21-19)25-6-4-5-18(12-25)13-26/h8,14-18,26H,4-7,9-13H2,1-3H3,(H,21,22,23). The van der Waals surface area contributed by atoms with Gasteiger partial charge in [-0.3, -0.25) is 0 Å². The average Bonchev–Trinajstić information content (AvgIpc) is 2.61. The van der Waals surface area contributed by atoms with Crippen LogP contribution in [0, 0.1) is 17.8 Å². The highest BCUT2D eigenvalue weighted by atomic mass is 16.3. The van der Waals surface area contributed by atoms with Crippen LogP contribution < -0.4 is 10.2 Å². The second-order valence-electron chi connectivity index (χ2n) is 8.61. The van der Waals surface area contributed by atoms with E-state index in [1.165, 1.54) is 19.5 Å². The van der Waals surface area contributed by atoms with Crippen LogP contribution in [-0.4, -0.2) is 65.3 Å². The maximum absolute atomic E-state index is 9.45. The van der Waals surface area contributed by atoms with Crippen LogP contribution in [0.15, 0.2) is 12.4 Å². The first-order valence-electron chi connectivity index (χ1n) is 10.2. The van der Waals surface area contributed by atoms with E-state index in [0.717, 1.165) is 55.9 Å². The zero-order chi connectivity index (χ0) is 18.5. The summed E-state index contributed by atoms with van der Waals surface area (Å²) in [6, 6.07) is 2.40. The van der Waals surface area contributed by atoms with Crippen LogP contribution >= 0.6 is 0 Å². The van der Waals surface area contributed by atoms with Gasteiger partial charge in [-0.1, -0.05) is 13.8 Å². The van der Waals surface area contributed by atoms with Crippen LogP contribution in [0.3, 0.4) is 0 Å². The average molecular weight is 362 g/mol. The van der Waals surface area contributed by atoms with Crippen LogP contribution in [-0.2, 0) is 0 Å². The highest BCUT2D eigenvalue weighted by Crippen LogP contribution is 2.23. The fraction of sp³-hybridized carbons (Fsp3) is 0.800. The zero-order valence-electron chi connectivity index (χ0n) is 16.6. The molecule has 0 bridgehead atoms. The van der Waals surface area contributed by atoms with Gasteiger partial charge in [0.05, 0.1) is 0 Å². The van der Waals surface area contributed by atoms with Crippen LogP contribution in [0.1, 0.15) is 40.0 Å². The molecule has 0 radical (unpaired) electrons. The second kappa shape index (κ2) is 9.00. The van der Waals surface area contributed by atoms with Crippen molar-refractivity contribution in [3.8, 4) is 0 Å². The molecule has 1 aromatic rings. The van der Waals surface area contributed by atoms with Gasteiger partial charge >= 0.3 is 0 Å². The Balaban J connectivity index is 1.56. The van der Waals surface area contributed by atoms with E-state index in [0.29, 0.717) is 12.0 Å². The van der Waals surface area contributed by atoms with Gasteiger partial charge in [-0.2, -0.15) is 0 Å². The number of rotatable bonds is 6. The minimum atomic E-state index is 0.260. The number of hydrogen-bond acceptors (Lipinski definition) is 6. The molecular formula is C20H35N5O. The highest BCUT2D eigenvalue weighted by molar-refractivity contribution is 5.49. The Morgan fingerprint density at radius 3 is 2.73 bits per heavy atom. The summed E-state index contributed by atoms with van der Waals surface area (Å²) in [7, 11) is 0. The van der Waals surface area contributed by atoms with Crippen molar-refractivity contribution in [2.45, 2.75) is 46.1 Å². The fourth-order valence-corrected chi connectivity index (χ4v) is 4.65. The summed E-state index contributed by atoms with van der Waals surface area (Å²) in [4.78, 5) is 13.7. The molecule has 2 N–H and O–H groups in total. The molecule has 2 aliphatic heterocycles. The summed E-state index contributed by atoms with van der Waals surface area (Å²) in [5.41, 5.74) is 0. The molecule has 6 nitrogen and oxygen atoms in total. The molecule has 2 saturated heterocycles. The van der Waals surface area contributed by atoms with Crippen LogP contribution in [0.25, 0.3) is 0 Å². The van der Waals surface area contributed by atoms with Gasteiger partial charge in [-0.25, -0.2) is 9.97 Å². The maximum Gasteiger partial charge on any atom is 0.134 e. The van der Waals surface area contributed by atoms with Gasteiger partial charge in [0, 0.05) is 51.4 Å². The van der Waals surface area contributed by atoms with E-state index in [9.17, 15) is 5.11 Å². The lowest BCUT2D eigenvalue weighted by Gasteiger charge is -2.36. The summed E-state index contributed by atoms with van der Waals surface area (Å²) in [5.74, 6) is 3.79. The molecule has 0 amide bonds. The van der Waals surface area contributed by atoms with Crippen LogP contribution in [0.4, 0.5) is 11.6 Å². The van der Waals surface area contributed by atoms with E-state index in [1.807, 2.05) is 0 Å². The molecular weight excluding hydrogens is 326 g/mol. The number of likely N-dealkylation sites (tertiary alicyclic amines) is 1. The van der Waals surface area contributed by atoms with Crippen molar-refractivity contribution in [3.63, 3.8) is 0 Å². The Morgan fingerprint density at radius 2 is 2.00 bits per heavy atom. The molecule has 3 heterocycles. The third-order valence-electron chi connectivity index (χ3n) is 5.62. The van der Waals surface area contributed by atoms with Gasteiger partial charge < -0.3 is 20.2 Å². The molecule has 26 heavy (non-hydrogen) atoms. The number of aliphatic hydroxyl groups excluding tert-OH is 1. The first kappa shape index (κ1) is 19.4. The molecule has 3 rings (SSSR count). The number of nitrogens with one attached hydrogen (secondary N) is 1. The van der Waals surface area contributed by atoms with Gasteiger partial charge in [0.1, 0.15) is 18.0 Å². The van der Waals surface area contributed by atoms with Crippen molar-refractivity contribution < 1.29 is 5.11 Å². The maximum atomic E-state index is 9.45. The third kappa shape index (κ3) is 5.30. The lowest BCUT2D eigenvalue weighted by atomic mass is 9.92. The monoisotopic (exact) mass is 361 g/mol. The number of nitrogens with zero attached hydrogens (tertiary/aromatic N) is 4. The van der Waals surface area contributed by atoms with Crippen molar-refractivity contribution in [1.82, 2.24) is 14.9 Å². The van der Waals surface area contributed by atoms with E-state index in [1.54, 1.807) is 6.33 Å². The number of aliphatic hydroxyl groups is 1. The Morgan fingerprint density at radius 1 is 1.23 bits per heavy atom. The molecule has 146 valence electrons. The summed E-state index contributed by atoms with van der Waals surface area (Å²) in [6.45, 7) is 12.5. The predicted octanol–water partition coefficient (Wildman–Crippen LogP) is 2.46. The summed E-state index contributed by atoms with van der Waals surface area (Å²) in [5, 5.41) is 13.0. The number of hydrogen-bond donors (Lipinski definition) is 2. The fourth-order valence-electron chi connectivity index (χ4n) is 4.65. The van der Waals surface area contributed by atoms with Gasteiger partial charge in [-0.05, 0) is 43.9 Å². The Bertz CT molecular complexity index is 559. The van der Waals surface area contributed by atoms with Crippen molar-refractivity contribution in [2.24, 2.45) is 17.8 Å². The molecule has 6 heteroatoms. The molecule has 0 aliphatic carbocycles. The topological polar surface area (TPSA) is 64.5 Å². The van der Waals surface area contributed by atoms with E-state index in [-0.39, 0.29) is 6.61 Å². The summed E-state index contributed by atoms with van der Waals surface area (Å²) >= 11 is 0. The van der Waals surface area contributed by atoms with Crippen molar-refractivity contribution in [3.05, 3.63) is 12.4 Å². The van der Waals surface area contributed by atoms with Crippen molar-refractivity contribution in [1.29, 1.82) is 0 Å². The first-order valence-corrected chi connectivity index (χ1v) is 10.2. The highest BCUT2D eigenvalue weighted by Gasteiger charge is 2.23. The van der Waals surface area contributed by atoms with Crippen molar-refractivity contribution in [2.75, 3.05) is 49.5 Å². The van der Waals surface area contributed by atoms with E-state index < -0.39 is 0 Å². The molecule has 4 atom stereocenters.